The molecule has 0 aliphatic heterocycles. The maximum absolute atomic E-state index is 13.6. The van der Waals surface area contributed by atoms with E-state index in [1.54, 1.807) is 9.25 Å². The molecule has 2 aromatic carbocycles. The molecule has 0 saturated carbocycles. The highest BCUT2D eigenvalue weighted by Gasteiger charge is 2.19. The number of aryl methyl sites for hydroxylation is 5. The standard InChI is InChI=1S/C26H29N5O2S/c1-6-31-24-23(19(5)29-31)28-26(30(25(24)33)14-20-10-7-16(2)8-11-20)34-15-22(32)27-21-12-9-17(3)18(4)13-21/h7-13H,6,14-15H2,1-5H3,(H,27,32). The average molecular weight is 476 g/mol. The van der Waals surface area contributed by atoms with Crippen molar-refractivity contribution in [3.8, 4) is 0 Å². The highest BCUT2D eigenvalue weighted by Crippen LogP contribution is 2.22. The summed E-state index contributed by atoms with van der Waals surface area (Å²) in [6, 6.07) is 13.9. The van der Waals surface area contributed by atoms with Gasteiger partial charge in [0.1, 0.15) is 5.52 Å². The number of nitrogens with one attached hydrogen (secondary N) is 1. The van der Waals surface area contributed by atoms with Crippen molar-refractivity contribution < 1.29 is 4.79 Å². The third-order valence-electron chi connectivity index (χ3n) is 5.87. The minimum Gasteiger partial charge on any atom is -0.325 e. The maximum atomic E-state index is 13.6. The summed E-state index contributed by atoms with van der Waals surface area (Å²) < 4.78 is 3.35. The largest absolute Gasteiger partial charge is 0.325 e. The second-order valence-corrected chi connectivity index (χ2v) is 9.45. The number of amides is 1. The van der Waals surface area contributed by atoms with Gasteiger partial charge >= 0.3 is 0 Å². The fourth-order valence-corrected chi connectivity index (χ4v) is 4.58. The Morgan fingerprint density at radius 2 is 1.76 bits per heavy atom. The summed E-state index contributed by atoms with van der Waals surface area (Å²) in [7, 11) is 0. The number of carbonyl (C=O) groups excluding carboxylic acids is 1. The Kier molecular flexibility index (Phi) is 6.88. The average Bonchev–Trinajstić information content (AvgIpc) is 3.14. The monoisotopic (exact) mass is 475 g/mol. The van der Waals surface area contributed by atoms with Crippen LogP contribution in [0.1, 0.15) is 34.9 Å². The van der Waals surface area contributed by atoms with Gasteiger partial charge in [-0.25, -0.2) is 4.98 Å². The second kappa shape index (κ2) is 9.85. The zero-order valence-corrected chi connectivity index (χ0v) is 21.0. The number of fused-ring (bicyclic) bond motifs is 1. The van der Waals surface area contributed by atoms with Crippen LogP contribution in [0, 0.1) is 27.7 Å². The van der Waals surface area contributed by atoms with Crippen LogP contribution in [0.25, 0.3) is 11.0 Å². The van der Waals surface area contributed by atoms with E-state index in [2.05, 4.69) is 10.4 Å². The van der Waals surface area contributed by atoms with E-state index in [-0.39, 0.29) is 17.2 Å². The zero-order chi connectivity index (χ0) is 24.4. The van der Waals surface area contributed by atoms with E-state index in [4.69, 9.17) is 4.98 Å². The van der Waals surface area contributed by atoms with Crippen LogP contribution in [-0.2, 0) is 17.9 Å². The van der Waals surface area contributed by atoms with Gasteiger partial charge in [0, 0.05) is 12.2 Å². The smallest absolute Gasteiger partial charge is 0.280 e. The molecule has 0 fully saturated rings. The molecule has 0 bridgehead atoms. The summed E-state index contributed by atoms with van der Waals surface area (Å²) >= 11 is 1.26. The van der Waals surface area contributed by atoms with E-state index in [9.17, 15) is 9.59 Å². The van der Waals surface area contributed by atoms with Gasteiger partial charge < -0.3 is 5.32 Å². The topological polar surface area (TPSA) is 81.8 Å². The number of carbonyl (C=O) groups is 1. The van der Waals surface area contributed by atoms with Crippen molar-refractivity contribution in [2.45, 2.75) is 52.9 Å². The minimum atomic E-state index is -0.148. The Bertz CT molecular complexity index is 1420. The number of hydrogen-bond donors (Lipinski definition) is 1. The van der Waals surface area contributed by atoms with E-state index in [0.29, 0.717) is 35.0 Å². The first-order chi connectivity index (χ1) is 16.3. The summed E-state index contributed by atoms with van der Waals surface area (Å²) in [5.41, 5.74) is 6.84. The Balaban J connectivity index is 1.66. The van der Waals surface area contributed by atoms with Crippen LogP contribution in [-0.4, -0.2) is 31.0 Å². The van der Waals surface area contributed by atoms with Crippen molar-refractivity contribution in [1.29, 1.82) is 0 Å². The third kappa shape index (κ3) is 4.92. The highest BCUT2D eigenvalue weighted by atomic mass is 32.2. The van der Waals surface area contributed by atoms with Gasteiger partial charge in [-0.3, -0.25) is 18.8 Å². The number of anilines is 1. The van der Waals surface area contributed by atoms with Gasteiger partial charge in [-0.15, -0.1) is 0 Å². The van der Waals surface area contributed by atoms with Crippen molar-refractivity contribution in [1.82, 2.24) is 19.3 Å². The molecule has 0 unspecified atom stereocenters. The zero-order valence-electron chi connectivity index (χ0n) is 20.2. The number of benzene rings is 2. The Morgan fingerprint density at radius 1 is 1.03 bits per heavy atom. The molecular formula is C26H29N5O2S. The molecule has 0 atom stereocenters. The van der Waals surface area contributed by atoms with E-state index < -0.39 is 0 Å². The van der Waals surface area contributed by atoms with E-state index in [1.165, 1.54) is 17.3 Å². The minimum absolute atomic E-state index is 0.139. The molecule has 0 spiro atoms. The van der Waals surface area contributed by atoms with Crippen LogP contribution in [0.4, 0.5) is 5.69 Å². The molecule has 0 radical (unpaired) electrons. The molecule has 1 amide bonds. The van der Waals surface area contributed by atoms with Crippen molar-refractivity contribution in [3.05, 3.63) is 80.8 Å². The molecule has 0 aliphatic carbocycles. The first-order valence-electron chi connectivity index (χ1n) is 11.3. The lowest BCUT2D eigenvalue weighted by atomic mass is 10.1. The van der Waals surface area contributed by atoms with Gasteiger partial charge in [-0.05, 0) is 63.4 Å². The van der Waals surface area contributed by atoms with E-state index in [1.807, 2.05) is 77.1 Å². The molecular weight excluding hydrogens is 446 g/mol. The predicted octanol–water partition coefficient (Wildman–Crippen LogP) is 4.63. The van der Waals surface area contributed by atoms with Crippen molar-refractivity contribution in [2.24, 2.45) is 0 Å². The number of nitrogens with zero attached hydrogens (tertiary/aromatic N) is 4. The van der Waals surface area contributed by atoms with Crippen LogP contribution >= 0.6 is 11.8 Å². The van der Waals surface area contributed by atoms with E-state index >= 15 is 0 Å². The molecule has 34 heavy (non-hydrogen) atoms. The SMILES string of the molecule is CCn1nc(C)c2nc(SCC(=O)Nc3ccc(C)c(C)c3)n(Cc3ccc(C)cc3)c(=O)c21. The Labute approximate surface area is 203 Å². The molecule has 2 aromatic heterocycles. The fourth-order valence-electron chi connectivity index (χ4n) is 3.79. The molecule has 176 valence electrons. The van der Waals surface area contributed by atoms with Crippen LogP contribution < -0.4 is 10.9 Å². The molecule has 0 aliphatic rings. The predicted molar refractivity (Wildman–Crippen MR) is 138 cm³/mol. The number of rotatable bonds is 7. The van der Waals surface area contributed by atoms with Gasteiger partial charge in [0.15, 0.2) is 10.7 Å². The third-order valence-corrected chi connectivity index (χ3v) is 6.84. The van der Waals surface area contributed by atoms with Crippen molar-refractivity contribution >= 4 is 34.4 Å². The normalized spacial score (nSPS) is 11.2. The number of hydrogen-bond acceptors (Lipinski definition) is 5. The molecule has 7 nitrogen and oxygen atoms in total. The first-order valence-corrected chi connectivity index (χ1v) is 12.3. The lowest BCUT2D eigenvalue weighted by molar-refractivity contribution is -0.113. The molecule has 1 N–H and O–H groups in total. The molecule has 8 heteroatoms. The summed E-state index contributed by atoms with van der Waals surface area (Å²) in [5, 5.41) is 7.94. The second-order valence-electron chi connectivity index (χ2n) is 8.51. The Morgan fingerprint density at radius 3 is 2.44 bits per heavy atom. The fraction of sp³-hybridized carbons (Fsp3) is 0.308. The lowest BCUT2D eigenvalue weighted by Gasteiger charge is -2.13. The summed E-state index contributed by atoms with van der Waals surface area (Å²) in [6.45, 7) is 10.8. The van der Waals surface area contributed by atoms with Gasteiger partial charge in [0.25, 0.3) is 5.56 Å². The van der Waals surface area contributed by atoms with Gasteiger partial charge in [0.05, 0.1) is 18.0 Å². The molecule has 0 saturated heterocycles. The Hall–Kier alpha value is -3.39. The number of aromatic nitrogens is 4. The van der Waals surface area contributed by atoms with Crippen LogP contribution in [0.3, 0.4) is 0 Å². The number of thioether (sulfide) groups is 1. The highest BCUT2D eigenvalue weighted by molar-refractivity contribution is 7.99. The maximum Gasteiger partial charge on any atom is 0.280 e. The summed E-state index contributed by atoms with van der Waals surface area (Å²) in [5.74, 6) is -0.00910. The molecule has 4 aromatic rings. The van der Waals surface area contributed by atoms with Gasteiger partial charge in [-0.2, -0.15) is 5.10 Å². The van der Waals surface area contributed by atoms with Gasteiger partial charge in [0.2, 0.25) is 5.91 Å². The van der Waals surface area contributed by atoms with Gasteiger partial charge in [-0.1, -0.05) is 47.7 Å². The van der Waals surface area contributed by atoms with Crippen LogP contribution in [0.5, 0.6) is 0 Å². The molecule has 4 rings (SSSR count). The van der Waals surface area contributed by atoms with Crippen molar-refractivity contribution in [3.63, 3.8) is 0 Å². The first kappa shape index (κ1) is 23.8. The lowest BCUT2D eigenvalue weighted by Crippen LogP contribution is -2.26. The van der Waals surface area contributed by atoms with Crippen LogP contribution in [0.15, 0.2) is 52.4 Å². The quantitative estimate of drug-likeness (QED) is 0.311. The van der Waals surface area contributed by atoms with Crippen LogP contribution in [0.2, 0.25) is 0 Å². The summed E-state index contributed by atoms with van der Waals surface area (Å²) in [4.78, 5) is 31.0. The summed E-state index contributed by atoms with van der Waals surface area (Å²) in [6.07, 6.45) is 0. The van der Waals surface area contributed by atoms with Crippen molar-refractivity contribution in [2.75, 3.05) is 11.1 Å². The van der Waals surface area contributed by atoms with E-state index in [0.717, 1.165) is 22.4 Å². The molecule has 2 heterocycles.